The van der Waals surface area contributed by atoms with Gasteiger partial charge in [-0.15, -0.1) is 0 Å². The van der Waals surface area contributed by atoms with Crippen LogP contribution in [0.2, 0.25) is 0 Å². The van der Waals surface area contributed by atoms with Gasteiger partial charge in [0.05, 0.1) is 6.42 Å². The molecule has 0 atom stereocenters. The number of piperazine rings is 1. The molecular formula is C18H24N4O2. The average molecular weight is 328 g/mol. The Morgan fingerprint density at radius 2 is 1.79 bits per heavy atom. The van der Waals surface area contributed by atoms with Crippen molar-refractivity contribution in [2.45, 2.75) is 20.3 Å². The van der Waals surface area contributed by atoms with Gasteiger partial charge in [0.1, 0.15) is 5.69 Å². The van der Waals surface area contributed by atoms with Gasteiger partial charge in [-0.1, -0.05) is 0 Å². The first-order chi connectivity index (χ1) is 11.5. The second-order valence-electron chi connectivity index (χ2n) is 6.39. The minimum atomic E-state index is 0.00151. The molecule has 0 spiro atoms. The van der Waals surface area contributed by atoms with Crippen LogP contribution in [-0.2, 0) is 18.3 Å². The third-order valence-corrected chi connectivity index (χ3v) is 4.97. The molecular weight excluding hydrogens is 304 g/mol. The van der Waals surface area contributed by atoms with Gasteiger partial charge in [0.2, 0.25) is 5.91 Å². The van der Waals surface area contributed by atoms with Crippen LogP contribution in [0.4, 0.5) is 0 Å². The number of nitrogens with zero attached hydrogens (tertiary/aromatic N) is 3. The highest BCUT2D eigenvalue weighted by Crippen LogP contribution is 2.16. The van der Waals surface area contributed by atoms with E-state index < -0.39 is 0 Å². The topological polar surface area (TPSA) is 61.3 Å². The first-order valence-electron chi connectivity index (χ1n) is 8.29. The molecule has 2 amide bonds. The predicted octanol–water partition coefficient (Wildman–Crippen LogP) is 1.50. The van der Waals surface area contributed by atoms with Crippen LogP contribution in [0, 0.1) is 13.8 Å². The normalized spacial score (nSPS) is 15.0. The van der Waals surface area contributed by atoms with Gasteiger partial charge in [-0.3, -0.25) is 9.59 Å². The number of hydrogen-bond donors (Lipinski definition) is 1. The summed E-state index contributed by atoms with van der Waals surface area (Å²) in [6.45, 7) is 6.44. The van der Waals surface area contributed by atoms with E-state index in [1.165, 1.54) is 0 Å². The van der Waals surface area contributed by atoms with Crippen LogP contribution >= 0.6 is 0 Å². The molecule has 128 valence electrons. The van der Waals surface area contributed by atoms with Crippen molar-refractivity contribution in [3.05, 3.63) is 47.0 Å². The molecule has 1 N–H and O–H groups in total. The van der Waals surface area contributed by atoms with Crippen molar-refractivity contribution < 1.29 is 9.59 Å². The maximum atomic E-state index is 12.6. The largest absolute Gasteiger partial charge is 0.357 e. The number of carbonyl (C=O) groups excluding carboxylic acids is 2. The van der Waals surface area contributed by atoms with Crippen molar-refractivity contribution in [1.82, 2.24) is 19.4 Å². The lowest BCUT2D eigenvalue weighted by molar-refractivity contribution is -0.131. The fourth-order valence-corrected chi connectivity index (χ4v) is 3.18. The maximum absolute atomic E-state index is 12.6. The van der Waals surface area contributed by atoms with Crippen molar-refractivity contribution in [2.24, 2.45) is 7.05 Å². The van der Waals surface area contributed by atoms with Crippen LogP contribution < -0.4 is 0 Å². The van der Waals surface area contributed by atoms with Gasteiger partial charge in [-0.2, -0.15) is 0 Å². The Kier molecular flexibility index (Phi) is 4.46. The number of carbonyl (C=O) groups is 2. The Morgan fingerprint density at radius 3 is 2.33 bits per heavy atom. The minimum Gasteiger partial charge on any atom is -0.357 e. The summed E-state index contributed by atoms with van der Waals surface area (Å²) < 4.78 is 2.11. The van der Waals surface area contributed by atoms with E-state index in [1.807, 2.05) is 31.9 Å². The fraction of sp³-hybridized carbons (Fsp3) is 0.444. The summed E-state index contributed by atoms with van der Waals surface area (Å²) in [7, 11) is 2.02. The molecule has 3 rings (SSSR count). The van der Waals surface area contributed by atoms with E-state index in [1.54, 1.807) is 17.2 Å². The summed E-state index contributed by atoms with van der Waals surface area (Å²) in [4.78, 5) is 31.5. The van der Waals surface area contributed by atoms with Gasteiger partial charge in [0.15, 0.2) is 0 Å². The highest BCUT2D eigenvalue weighted by Gasteiger charge is 2.25. The average Bonchev–Trinajstić information content (AvgIpc) is 3.20. The molecule has 0 aliphatic carbocycles. The van der Waals surface area contributed by atoms with Crippen molar-refractivity contribution in [1.29, 1.82) is 0 Å². The van der Waals surface area contributed by atoms with E-state index in [-0.39, 0.29) is 11.8 Å². The Hall–Kier alpha value is -2.50. The number of H-pyrrole nitrogens is 1. The van der Waals surface area contributed by atoms with Crippen LogP contribution in [0.15, 0.2) is 24.4 Å². The summed E-state index contributed by atoms with van der Waals surface area (Å²) in [5.74, 6) is 0.136. The zero-order valence-corrected chi connectivity index (χ0v) is 14.5. The molecule has 0 unspecified atom stereocenters. The molecule has 3 heterocycles. The molecule has 1 aliphatic rings. The molecule has 0 aromatic carbocycles. The predicted molar refractivity (Wildman–Crippen MR) is 91.9 cm³/mol. The van der Waals surface area contributed by atoms with Crippen LogP contribution in [0.5, 0.6) is 0 Å². The van der Waals surface area contributed by atoms with Gasteiger partial charge in [0.25, 0.3) is 5.91 Å². The molecule has 2 aromatic rings. The van der Waals surface area contributed by atoms with Crippen molar-refractivity contribution in [3.63, 3.8) is 0 Å². The lowest BCUT2D eigenvalue weighted by Crippen LogP contribution is -2.51. The van der Waals surface area contributed by atoms with Gasteiger partial charge in [0, 0.05) is 50.8 Å². The molecule has 0 bridgehead atoms. The number of aromatic nitrogens is 2. The highest BCUT2D eigenvalue weighted by atomic mass is 16.2. The minimum absolute atomic E-state index is 0.00151. The van der Waals surface area contributed by atoms with E-state index in [2.05, 4.69) is 15.6 Å². The molecule has 1 fully saturated rings. The summed E-state index contributed by atoms with van der Waals surface area (Å²) in [5, 5.41) is 0. The fourth-order valence-electron chi connectivity index (χ4n) is 3.18. The zero-order chi connectivity index (χ0) is 17.3. The summed E-state index contributed by atoms with van der Waals surface area (Å²) in [6.07, 6.45) is 2.18. The van der Waals surface area contributed by atoms with E-state index >= 15 is 0 Å². The quantitative estimate of drug-likeness (QED) is 0.928. The molecule has 1 aliphatic heterocycles. The molecule has 0 radical (unpaired) electrons. The second kappa shape index (κ2) is 6.55. The monoisotopic (exact) mass is 328 g/mol. The van der Waals surface area contributed by atoms with E-state index in [0.29, 0.717) is 38.3 Å². The lowest BCUT2D eigenvalue weighted by atomic mass is 10.1. The number of aryl methyl sites for hydroxylation is 1. The molecule has 6 nitrogen and oxygen atoms in total. The molecule has 6 heteroatoms. The van der Waals surface area contributed by atoms with E-state index in [0.717, 1.165) is 17.0 Å². The molecule has 0 saturated carbocycles. The first-order valence-corrected chi connectivity index (χ1v) is 8.29. The Balaban J connectivity index is 1.57. The van der Waals surface area contributed by atoms with Gasteiger partial charge >= 0.3 is 0 Å². The number of hydrogen-bond acceptors (Lipinski definition) is 2. The molecule has 1 saturated heterocycles. The van der Waals surface area contributed by atoms with Crippen LogP contribution in [0.3, 0.4) is 0 Å². The van der Waals surface area contributed by atoms with Gasteiger partial charge < -0.3 is 19.4 Å². The van der Waals surface area contributed by atoms with Crippen molar-refractivity contribution in [2.75, 3.05) is 26.2 Å². The molecule has 2 aromatic heterocycles. The summed E-state index contributed by atoms with van der Waals surface area (Å²) >= 11 is 0. The lowest BCUT2D eigenvalue weighted by Gasteiger charge is -2.34. The maximum Gasteiger partial charge on any atom is 0.270 e. The standard InChI is InChI=1S/C18H24N4O2/c1-13-11-15(14(2)20(13)3)12-17(23)21-7-9-22(10-8-21)18(24)16-5-4-6-19-16/h4-6,11,19H,7-10,12H2,1-3H3. The van der Waals surface area contributed by atoms with E-state index in [9.17, 15) is 9.59 Å². The summed E-state index contributed by atoms with van der Waals surface area (Å²) in [6, 6.07) is 5.68. The first kappa shape index (κ1) is 16.4. The van der Waals surface area contributed by atoms with Crippen LogP contribution in [0.1, 0.15) is 27.4 Å². The SMILES string of the molecule is Cc1cc(CC(=O)N2CCN(C(=O)c3ccc[nH]3)CC2)c(C)n1C. The Morgan fingerprint density at radius 1 is 1.12 bits per heavy atom. The smallest absolute Gasteiger partial charge is 0.270 e. The van der Waals surface area contributed by atoms with Gasteiger partial charge in [-0.05, 0) is 37.6 Å². The van der Waals surface area contributed by atoms with E-state index in [4.69, 9.17) is 0 Å². The second-order valence-corrected chi connectivity index (χ2v) is 6.39. The number of rotatable bonds is 3. The van der Waals surface area contributed by atoms with Crippen LogP contribution in [0.25, 0.3) is 0 Å². The highest BCUT2D eigenvalue weighted by molar-refractivity contribution is 5.92. The third kappa shape index (κ3) is 3.09. The zero-order valence-electron chi connectivity index (χ0n) is 14.5. The van der Waals surface area contributed by atoms with Gasteiger partial charge in [-0.25, -0.2) is 0 Å². The number of amides is 2. The number of aromatic amines is 1. The van der Waals surface area contributed by atoms with Crippen molar-refractivity contribution in [3.8, 4) is 0 Å². The van der Waals surface area contributed by atoms with Crippen LogP contribution in [-0.4, -0.2) is 57.3 Å². The molecule has 24 heavy (non-hydrogen) atoms. The summed E-state index contributed by atoms with van der Waals surface area (Å²) in [5.41, 5.74) is 3.99. The Labute approximate surface area is 142 Å². The number of nitrogens with one attached hydrogen (secondary N) is 1. The van der Waals surface area contributed by atoms with Crippen molar-refractivity contribution >= 4 is 11.8 Å². The Bertz CT molecular complexity index is 737. The third-order valence-electron chi connectivity index (χ3n) is 4.97.